The van der Waals surface area contributed by atoms with E-state index in [-0.39, 0.29) is 3.79 Å². The normalized spacial score (nSPS) is 9.25. The maximum Gasteiger partial charge on any atom is 0.192 e. The van der Waals surface area contributed by atoms with Crippen LogP contribution < -0.4 is 0 Å². The molecule has 0 aromatic carbocycles. The van der Waals surface area contributed by atoms with Crippen molar-refractivity contribution < 1.29 is 4.79 Å². The molecule has 0 heterocycles. The Bertz CT molecular complexity index is 72.8. The van der Waals surface area contributed by atoms with Gasteiger partial charge in [0.1, 0.15) is 0 Å². The fourth-order valence-corrected chi connectivity index (χ4v) is 1.28. The molecular weight excluding hydrogens is 330 g/mol. The van der Waals surface area contributed by atoms with Gasteiger partial charge in [-0.3, -0.25) is 4.79 Å². The van der Waals surface area contributed by atoms with Crippen LogP contribution in [0.25, 0.3) is 0 Å². The average Bonchev–Trinajstić information content (AvgIpc) is 1.66. The number of hydrogen-bond acceptors (Lipinski definition) is 1. The summed E-state index contributed by atoms with van der Waals surface area (Å²) >= 11 is 4.16. The summed E-state index contributed by atoms with van der Waals surface area (Å²) in [6.07, 6.45) is 2.99. The lowest BCUT2D eigenvalue weighted by Crippen LogP contribution is -1.84. The van der Waals surface area contributed by atoms with Gasteiger partial charge in [-0.05, 0) is 39.9 Å². The number of hydrogen-bond donors (Lipinski definition) is 0. The smallest absolute Gasteiger partial charge is 0.192 e. The first-order valence-corrected chi connectivity index (χ1v) is 5.12. The van der Waals surface area contributed by atoms with Gasteiger partial charge < -0.3 is 0 Å². The third-order valence-corrected chi connectivity index (χ3v) is 2.06. The molecule has 0 aromatic rings. The van der Waals surface area contributed by atoms with Crippen molar-refractivity contribution >= 4 is 49.0 Å². The predicted molar refractivity (Wildman–Crippen MR) is 51.8 cm³/mol. The van der Waals surface area contributed by atoms with E-state index in [1.165, 1.54) is 10.8 Å². The highest BCUT2D eigenvalue weighted by Gasteiger charge is 1.92. The first kappa shape index (κ1) is 9.13. The van der Waals surface area contributed by atoms with Gasteiger partial charge in [0.25, 0.3) is 0 Å². The first-order chi connectivity index (χ1) is 3.77. The zero-order valence-electron chi connectivity index (χ0n) is 4.49. The third kappa shape index (κ3) is 7.13. The van der Waals surface area contributed by atoms with E-state index in [4.69, 9.17) is 0 Å². The van der Waals surface area contributed by atoms with Crippen molar-refractivity contribution in [1.82, 2.24) is 0 Å². The van der Waals surface area contributed by atoms with Crippen LogP contribution in [0, 0.1) is 0 Å². The standard InChI is InChI=1S/C5H8I2O/c6-4-2-1-3-5(7)8/h1-4H2. The zero-order valence-corrected chi connectivity index (χ0v) is 8.81. The van der Waals surface area contributed by atoms with Crippen molar-refractivity contribution in [2.24, 2.45) is 0 Å². The summed E-state index contributed by atoms with van der Waals surface area (Å²) in [5, 5.41) is 0. The monoisotopic (exact) mass is 338 g/mol. The summed E-state index contributed by atoms with van der Waals surface area (Å²) in [6, 6.07) is 0. The Hall–Kier alpha value is 1.13. The van der Waals surface area contributed by atoms with Gasteiger partial charge in [-0.15, -0.1) is 0 Å². The SMILES string of the molecule is O=C(I)CCCCI. The number of halogens is 2. The summed E-state index contributed by atoms with van der Waals surface area (Å²) in [5.74, 6) is 0. The summed E-state index contributed by atoms with van der Waals surface area (Å²) in [4.78, 5) is 10.3. The average molecular weight is 338 g/mol. The molecule has 0 bridgehead atoms. The number of unbranched alkanes of at least 4 members (excludes halogenated alkanes) is 1. The molecule has 0 aliphatic heterocycles. The molecule has 1 nitrogen and oxygen atoms in total. The van der Waals surface area contributed by atoms with Crippen LogP contribution in [0.4, 0.5) is 0 Å². The molecule has 3 heteroatoms. The first-order valence-electron chi connectivity index (χ1n) is 2.51. The molecule has 48 valence electrons. The quantitative estimate of drug-likeness (QED) is 0.333. The highest BCUT2D eigenvalue weighted by molar-refractivity contribution is 14.1. The van der Waals surface area contributed by atoms with Crippen LogP contribution in [0.2, 0.25) is 0 Å². The second-order valence-electron chi connectivity index (χ2n) is 1.50. The van der Waals surface area contributed by atoms with Gasteiger partial charge in [0.05, 0.1) is 0 Å². The van der Waals surface area contributed by atoms with Gasteiger partial charge in [-0.1, -0.05) is 22.6 Å². The lowest BCUT2D eigenvalue weighted by Gasteiger charge is -1.88. The van der Waals surface area contributed by atoms with Crippen LogP contribution in [-0.4, -0.2) is 8.22 Å². The van der Waals surface area contributed by atoms with E-state index in [1.807, 2.05) is 22.6 Å². The van der Waals surface area contributed by atoms with Gasteiger partial charge in [-0.2, -0.15) is 0 Å². The fourth-order valence-electron chi connectivity index (χ4n) is 0.358. The Morgan fingerprint density at radius 2 is 2.00 bits per heavy atom. The minimum Gasteiger partial charge on any atom is -0.288 e. The van der Waals surface area contributed by atoms with Crippen LogP contribution >= 0.6 is 45.2 Å². The summed E-state index contributed by atoms with van der Waals surface area (Å²) in [7, 11) is 0. The van der Waals surface area contributed by atoms with E-state index < -0.39 is 0 Å². The second-order valence-corrected chi connectivity index (χ2v) is 3.78. The van der Waals surface area contributed by atoms with E-state index >= 15 is 0 Å². The van der Waals surface area contributed by atoms with E-state index in [1.54, 1.807) is 0 Å². The topological polar surface area (TPSA) is 17.1 Å². The highest BCUT2D eigenvalue weighted by Crippen LogP contribution is 2.02. The molecule has 0 amide bonds. The van der Waals surface area contributed by atoms with E-state index in [0.717, 1.165) is 12.8 Å². The van der Waals surface area contributed by atoms with Crippen molar-refractivity contribution in [2.75, 3.05) is 4.43 Å². The molecule has 0 unspecified atom stereocenters. The van der Waals surface area contributed by atoms with Crippen LogP contribution in [0.5, 0.6) is 0 Å². The van der Waals surface area contributed by atoms with E-state index in [0.29, 0.717) is 0 Å². The molecule has 0 aliphatic carbocycles. The Labute approximate surface area is 76.9 Å². The lowest BCUT2D eigenvalue weighted by molar-refractivity contribution is -0.109. The van der Waals surface area contributed by atoms with Crippen LogP contribution in [0.1, 0.15) is 19.3 Å². The van der Waals surface area contributed by atoms with Crippen molar-refractivity contribution in [1.29, 1.82) is 0 Å². The number of rotatable bonds is 4. The summed E-state index contributed by atoms with van der Waals surface area (Å²) < 4.78 is 1.45. The molecule has 0 saturated carbocycles. The lowest BCUT2D eigenvalue weighted by atomic mass is 10.3. The van der Waals surface area contributed by atoms with Crippen molar-refractivity contribution in [3.05, 3.63) is 0 Å². The number of alkyl halides is 1. The summed E-state index contributed by atoms with van der Waals surface area (Å²) in [6.45, 7) is 0. The second kappa shape index (κ2) is 6.25. The molecule has 8 heavy (non-hydrogen) atoms. The minimum absolute atomic E-state index is 0.285. The van der Waals surface area contributed by atoms with E-state index in [2.05, 4.69) is 22.6 Å². The molecule has 0 aliphatic rings. The molecule has 0 atom stereocenters. The molecular formula is C5H8I2O. The Morgan fingerprint density at radius 3 is 2.38 bits per heavy atom. The van der Waals surface area contributed by atoms with Crippen molar-refractivity contribution in [3.8, 4) is 0 Å². The van der Waals surface area contributed by atoms with Crippen LogP contribution in [0.3, 0.4) is 0 Å². The van der Waals surface area contributed by atoms with Gasteiger partial charge in [-0.25, -0.2) is 0 Å². The van der Waals surface area contributed by atoms with E-state index in [9.17, 15) is 4.79 Å². The minimum atomic E-state index is 0.285. The maximum absolute atomic E-state index is 10.3. The van der Waals surface area contributed by atoms with Gasteiger partial charge in [0, 0.05) is 6.42 Å². The molecule has 0 saturated heterocycles. The molecule has 0 aromatic heterocycles. The Morgan fingerprint density at radius 1 is 1.38 bits per heavy atom. The van der Waals surface area contributed by atoms with Gasteiger partial charge in [0.2, 0.25) is 0 Å². The highest BCUT2D eigenvalue weighted by atomic mass is 127. The van der Waals surface area contributed by atoms with Crippen LogP contribution in [0.15, 0.2) is 0 Å². The van der Waals surface area contributed by atoms with Crippen molar-refractivity contribution in [3.63, 3.8) is 0 Å². The maximum atomic E-state index is 10.3. The molecule has 0 radical (unpaired) electrons. The third-order valence-electron chi connectivity index (χ3n) is 0.757. The molecule has 0 rings (SSSR count). The number of carbonyl (C=O) groups excluding carboxylic acids is 1. The van der Waals surface area contributed by atoms with Gasteiger partial charge in [0.15, 0.2) is 3.79 Å². The molecule has 0 spiro atoms. The van der Waals surface area contributed by atoms with Crippen molar-refractivity contribution in [2.45, 2.75) is 19.3 Å². The van der Waals surface area contributed by atoms with Crippen LogP contribution in [-0.2, 0) is 4.79 Å². The summed E-state index contributed by atoms with van der Waals surface area (Å²) in [5.41, 5.74) is 0. The zero-order chi connectivity index (χ0) is 6.41. The Kier molecular flexibility index (Phi) is 7.14. The largest absolute Gasteiger partial charge is 0.288 e. The number of carbonyl (C=O) groups is 1. The Balaban J connectivity index is 2.82. The molecule has 0 N–H and O–H groups in total. The predicted octanol–water partition coefficient (Wildman–Crippen LogP) is 2.55. The molecule has 0 fully saturated rings. The van der Waals surface area contributed by atoms with Gasteiger partial charge >= 0.3 is 0 Å². The fraction of sp³-hybridized carbons (Fsp3) is 0.800.